The van der Waals surface area contributed by atoms with Crippen molar-refractivity contribution in [1.82, 2.24) is 9.88 Å². The number of pyridine rings is 1. The normalized spacial score (nSPS) is 24.0. The van der Waals surface area contributed by atoms with E-state index in [9.17, 15) is 22.8 Å². The minimum Gasteiger partial charge on any atom is -0.481 e. The van der Waals surface area contributed by atoms with Gasteiger partial charge in [0.25, 0.3) is 5.91 Å². The van der Waals surface area contributed by atoms with E-state index in [0.29, 0.717) is 32.1 Å². The van der Waals surface area contributed by atoms with Crippen molar-refractivity contribution in [2.75, 3.05) is 44.3 Å². The molecular formula is C16H18F3N3O4. The standard InChI is InChI=1S/C16H18F3N3O4/c17-16(18,19)12-9-22(8-11(12)15(24)25)14(23)10-2-1-3-20-13(10)21-4-6-26-7-5-21/h1-3,11-12H,4-9H2,(H,24,25)/t11-,12-/m1/s1. The zero-order valence-corrected chi connectivity index (χ0v) is 13.8. The molecule has 0 aliphatic carbocycles. The van der Waals surface area contributed by atoms with Crippen molar-refractivity contribution in [3.63, 3.8) is 0 Å². The Morgan fingerprint density at radius 3 is 2.50 bits per heavy atom. The number of ether oxygens (including phenoxy) is 1. The van der Waals surface area contributed by atoms with Gasteiger partial charge in [-0.05, 0) is 12.1 Å². The van der Waals surface area contributed by atoms with Crippen LogP contribution in [0.4, 0.5) is 19.0 Å². The number of alkyl halides is 3. The smallest absolute Gasteiger partial charge is 0.394 e. The maximum Gasteiger partial charge on any atom is 0.394 e. The van der Waals surface area contributed by atoms with Gasteiger partial charge in [0.2, 0.25) is 0 Å². The number of nitrogens with zero attached hydrogens (tertiary/aromatic N) is 3. The van der Waals surface area contributed by atoms with Crippen LogP contribution in [0.1, 0.15) is 10.4 Å². The Balaban J connectivity index is 1.85. The van der Waals surface area contributed by atoms with Crippen LogP contribution in [0.25, 0.3) is 0 Å². The number of anilines is 1. The molecule has 142 valence electrons. The lowest BCUT2D eigenvalue weighted by Gasteiger charge is -2.30. The van der Waals surface area contributed by atoms with Gasteiger partial charge in [-0.3, -0.25) is 9.59 Å². The lowest BCUT2D eigenvalue weighted by atomic mass is 9.96. The Kier molecular flexibility index (Phi) is 5.03. The average molecular weight is 373 g/mol. The van der Waals surface area contributed by atoms with Gasteiger partial charge in [0.1, 0.15) is 5.82 Å². The quantitative estimate of drug-likeness (QED) is 0.859. The summed E-state index contributed by atoms with van der Waals surface area (Å²) < 4.78 is 44.7. The summed E-state index contributed by atoms with van der Waals surface area (Å²) >= 11 is 0. The Morgan fingerprint density at radius 2 is 1.92 bits per heavy atom. The predicted molar refractivity (Wildman–Crippen MR) is 83.8 cm³/mol. The molecule has 26 heavy (non-hydrogen) atoms. The molecule has 10 heteroatoms. The maximum absolute atomic E-state index is 13.1. The monoisotopic (exact) mass is 373 g/mol. The highest BCUT2D eigenvalue weighted by atomic mass is 19.4. The molecule has 1 aromatic rings. The summed E-state index contributed by atoms with van der Waals surface area (Å²) in [5.41, 5.74) is 0.168. The Hall–Kier alpha value is -2.36. The van der Waals surface area contributed by atoms with Gasteiger partial charge in [0.15, 0.2) is 0 Å². The molecule has 2 saturated heterocycles. The van der Waals surface area contributed by atoms with Gasteiger partial charge in [-0.2, -0.15) is 13.2 Å². The van der Waals surface area contributed by atoms with Gasteiger partial charge in [0, 0.05) is 32.4 Å². The van der Waals surface area contributed by atoms with Crippen molar-refractivity contribution in [3.8, 4) is 0 Å². The number of aromatic nitrogens is 1. The molecule has 2 fully saturated rings. The number of carbonyl (C=O) groups is 2. The van der Waals surface area contributed by atoms with Gasteiger partial charge < -0.3 is 19.6 Å². The van der Waals surface area contributed by atoms with Crippen LogP contribution in [0.5, 0.6) is 0 Å². The van der Waals surface area contributed by atoms with Crippen LogP contribution in [-0.2, 0) is 9.53 Å². The van der Waals surface area contributed by atoms with E-state index in [1.807, 2.05) is 4.90 Å². The van der Waals surface area contributed by atoms with Crippen molar-refractivity contribution < 1.29 is 32.6 Å². The molecule has 7 nitrogen and oxygen atoms in total. The lowest BCUT2D eigenvalue weighted by molar-refractivity contribution is -0.187. The molecule has 2 aliphatic heterocycles. The van der Waals surface area contributed by atoms with Gasteiger partial charge in [-0.15, -0.1) is 0 Å². The molecule has 1 N–H and O–H groups in total. The number of amides is 1. The SMILES string of the molecule is O=C(O)[C@@H]1CN(C(=O)c2cccnc2N2CCOCC2)C[C@H]1C(F)(F)F. The number of aliphatic carboxylic acids is 1. The molecule has 0 unspecified atom stereocenters. The Morgan fingerprint density at radius 1 is 1.23 bits per heavy atom. The summed E-state index contributed by atoms with van der Waals surface area (Å²) in [5.74, 6) is -5.56. The third-order valence-corrected chi connectivity index (χ3v) is 4.67. The fraction of sp³-hybridized carbons (Fsp3) is 0.562. The number of hydrogen-bond donors (Lipinski definition) is 1. The number of halogens is 3. The first-order valence-electron chi connectivity index (χ1n) is 8.15. The fourth-order valence-corrected chi connectivity index (χ4v) is 3.31. The van der Waals surface area contributed by atoms with E-state index in [4.69, 9.17) is 9.84 Å². The number of carboxylic acids is 1. The Labute approximate surface area is 147 Å². The van der Waals surface area contributed by atoms with Crippen LogP contribution >= 0.6 is 0 Å². The Bertz CT molecular complexity index is 692. The molecule has 2 atom stereocenters. The van der Waals surface area contributed by atoms with E-state index in [0.717, 1.165) is 4.90 Å². The average Bonchev–Trinajstić information content (AvgIpc) is 3.08. The van der Waals surface area contributed by atoms with Crippen LogP contribution < -0.4 is 4.90 Å². The van der Waals surface area contributed by atoms with Gasteiger partial charge >= 0.3 is 12.1 Å². The summed E-state index contributed by atoms with van der Waals surface area (Å²) in [5, 5.41) is 9.10. The van der Waals surface area contributed by atoms with Crippen molar-refractivity contribution in [2.24, 2.45) is 11.8 Å². The minimum absolute atomic E-state index is 0.168. The summed E-state index contributed by atoms with van der Waals surface area (Å²) in [6, 6.07) is 3.03. The number of morpholine rings is 1. The largest absolute Gasteiger partial charge is 0.481 e. The second kappa shape index (κ2) is 7.10. The van der Waals surface area contributed by atoms with Crippen LogP contribution in [0.2, 0.25) is 0 Å². The number of likely N-dealkylation sites (tertiary alicyclic amines) is 1. The molecule has 0 spiro atoms. The van der Waals surface area contributed by atoms with Crippen molar-refractivity contribution in [2.45, 2.75) is 6.18 Å². The van der Waals surface area contributed by atoms with E-state index in [1.165, 1.54) is 18.3 Å². The first-order chi connectivity index (χ1) is 12.3. The molecule has 1 amide bonds. The van der Waals surface area contributed by atoms with Crippen LogP contribution in [0.3, 0.4) is 0 Å². The number of carbonyl (C=O) groups excluding carboxylic acids is 1. The topological polar surface area (TPSA) is 83.0 Å². The molecule has 0 saturated carbocycles. The third kappa shape index (κ3) is 3.59. The summed E-state index contributed by atoms with van der Waals surface area (Å²) in [6.45, 7) is 0.809. The number of carboxylic acid groups (broad SMARTS) is 1. The fourth-order valence-electron chi connectivity index (χ4n) is 3.31. The van der Waals surface area contributed by atoms with E-state index in [1.54, 1.807) is 0 Å². The molecule has 0 bridgehead atoms. The second-order valence-corrected chi connectivity index (χ2v) is 6.28. The number of rotatable bonds is 3. The van der Waals surface area contributed by atoms with E-state index in [-0.39, 0.29) is 5.56 Å². The lowest BCUT2D eigenvalue weighted by Crippen LogP contribution is -2.39. The summed E-state index contributed by atoms with van der Waals surface area (Å²) in [6.07, 6.45) is -3.18. The molecule has 0 radical (unpaired) electrons. The predicted octanol–water partition coefficient (Wildman–Crippen LogP) is 1.25. The van der Waals surface area contributed by atoms with Crippen molar-refractivity contribution in [3.05, 3.63) is 23.9 Å². The van der Waals surface area contributed by atoms with Crippen molar-refractivity contribution in [1.29, 1.82) is 0 Å². The van der Waals surface area contributed by atoms with Gasteiger partial charge in [-0.1, -0.05) is 0 Å². The first kappa shape index (κ1) is 18.4. The molecular weight excluding hydrogens is 355 g/mol. The van der Waals surface area contributed by atoms with E-state index in [2.05, 4.69) is 4.98 Å². The minimum atomic E-state index is -4.68. The highest BCUT2D eigenvalue weighted by Crippen LogP contribution is 2.38. The van der Waals surface area contributed by atoms with E-state index < -0.39 is 43.0 Å². The number of hydrogen-bond acceptors (Lipinski definition) is 5. The third-order valence-electron chi connectivity index (χ3n) is 4.67. The zero-order valence-electron chi connectivity index (χ0n) is 13.8. The van der Waals surface area contributed by atoms with E-state index >= 15 is 0 Å². The van der Waals surface area contributed by atoms with Crippen LogP contribution in [0.15, 0.2) is 18.3 Å². The van der Waals surface area contributed by atoms with Crippen LogP contribution in [0, 0.1) is 11.8 Å². The second-order valence-electron chi connectivity index (χ2n) is 6.28. The summed E-state index contributed by atoms with van der Waals surface area (Å²) in [4.78, 5) is 31.0. The molecule has 3 heterocycles. The highest BCUT2D eigenvalue weighted by molar-refractivity contribution is 5.99. The first-order valence-corrected chi connectivity index (χ1v) is 8.15. The molecule has 3 rings (SSSR count). The summed E-state index contributed by atoms with van der Waals surface area (Å²) in [7, 11) is 0. The molecule has 0 aromatic carbocycles. The molecule has 1 aromatic heterocycles. The van der Waals surface area contributed by atoms with Gasteiger partial charge in [-0.25, -0.2) is 4.98 Å². The van der Waals surface area contributed by atoms with Gasteiger partial charge in [0.05, 0.1) is 30.6 Å². The molecule has 2 aliphatic rings. The zero-order chi connectivity index (χ0) is 18.9. The van der Waals surface area contributed by atoms with Crippen LogP contribution in [-0.4, -0.2) is 72.4 Å². The maximum atomic E-state index is 13.1. The highest BCUT2D eigenvalue weighted by Gasteiger charge is 2.53. The van der Waals surface area contributed by atoms with Crippen molar-refractivity contribution >= 4 is 17.7 Å².